The minimum atomic E-state index is -3.50. The van der Waals surface area contributed by atoms with Crippen molar-refractivity contribution in [2.24, 2.45) is 23.0 Å². The predicted octanol–water partition coefficient (Wildman–Crippen LogP) is 4.73. The minimum absolute atomic E-state index is 0.0981. The third-order valence-corrected chi connectivity index (χ3v) is 8.61. The van der Waals surface area contributed by atoms with Gasteiger partial charge in [-0.05, 0) is 47.6 Å². The lowest BCUT2D eigenvalue weighted by Gasteiger charge is -2.56. The molecule has 2 aromatic rings. The lowest BCUT2D eigenvalue weighted by atomic mass is 9.48. The lowest BCUT2D eigenvalue weighted by Crippen LogP contribution is -2.48. The van der Waals surface area contributed by atoms with E-state index in [1.807, 2.05) is 60.7 Å². The minimum Gasteiger partial charge on any atom is -0.322 e. The van der Waals surface area contributed by atoms with Crippen molar-refractivity contribution >= 4 is 10.0 Å². The highest BCUT2D eigenvalue weighted by Crippen LogP contribution is 2.59. The smallest absolute Gasteiger partial charge is 0.212 e. The molecule has 1 fully saturated rings. The van der Waals surface area contributed by atoms with Gasteiger partial charge in [-0.15, -0.1) is 0 Å². The largest absolute Gasteiger partial charge is 0.322 e. The first-order valence-corrected chi connectivity index (χ1v) is 12.5. The van der Waals surface area contributed by atoms with Crippen LogP contribution in [0.5, 0.6) is 0 Å². The summed E-state index contributed by atoms with van der Waals surface area (Å²) in [4.78, 5) is 0. The number of benzene rings is 2. The summed E-state index contributed by atoms with van der Waals surface area (Å²) in [5.41, 5.74) is 9.95. The van der Waals surface area contributed by atoms with Crippen LogP contribution >= 0.6 is 0 Å². The lowest BCUT2D eigenvalue weighted by molar-refractivity contribution is -0.00771. The molecule has 0 spiro atoms. The molecule has 4 atom stereocenters. The second-order valence-corrected chi connectivity index (χ2v) is 11.2. The third-order valence-electron chi connectivity index (χ3n) is 7.25. The Kier molecular flexibility index (Phi) is 5.88. The van der Waals surface area contributed by atoms with Crippen LogP contribution in [-0.4, -0.2) is 14.2 Å². The first kappa shape index (κ1) is 21.3. The molecule has 5 rings (SSSR count). The van der Waals surface area contributed by atoms with E-state index < -0.39 is 22.1 Å². The van der Waals surface area contributed by atoms with Crippen LogP contribution in [0.3, 0.4) is 0 Å². The highest BCUT2D eigenvalue weighted by atomic mass is 32.2. The summed E-state index contributed by atoms with van der Waals surface area (Å²) in [6.45, 7) is 4.63. The fraction of sp³-hybridized carbons (Fsp3) is 0.440. The Labute approximate surface area is 180 Å². The van der Waals surface area contributed by atoms with Gasteiger partial charge in [0, 0.05) is 0 Å². The number of nitrogens with two attached hydrogens (primary N) is 1. The quantitative estimate of drug-likeness (QED) is 0.602. The average molecular weight is 425 g/mol. The zero-order valence-corrected chi connectivity index (χ0v) is 18.6. The van der Waals surface area contributed by atoms with Gasteiger partial charge >= 0.3 is 0 Å². The van der Waals surface area contributed by atoms with Crippen molar-refractivity contribution in [3.63, 3.8) is 0 Å². The van der Waals surface area contributed by atoms with Crippen molar-refractivity contribution in [3.05, 3.63) is 83.4 Å². The molecule has 160 valence electrons. The number of hydrogen-bond acceptors (Lipinski definition) is 3. The molecule has 3 N–H and O–H groups in total. The fourth-order valence-corrected chi connectivity index (χ4v) is 6.43. The molecule has 0 aromatic heterocycles. The van der Waals surface area contributed by atoms with Crippen molar-refractivity contribution in [3.8, 4) is 0 Å². The van der Waals surface area contributed by atoms with Gasteiger partial charge in [-0.25, -0.2) is 13.1 Å². The monoisotopic (exact) mass is 424 g/mol. The normalized spacial score (nSPS) is 24.4. The van der Waals surface area contributed by atoms with Crippen molar-refractivity contribution in [1.29, 1.82) is 0 Å². The molecule has 5 heteroatoms. The van der Waals surface area contributed by atoms with E-state index in [0.717, 1.165) is 23.5 Å². The van der Waals surface area contributed by atoms with E-state index in [1.54, 1.807) is 0 Å². The molecule has 0 radical (unpaired) electrons. The maximum Gasteiger partial charge on any atom is 0.212 e. The van der Waals surface area contributed by atoms with Gasteiger partial charge in [0.2, 0.25) is 10.0 Å². The number of rotatable bonds is 8. The Morgan fingerprint density at radius 1 is 1.03 bits per heavy atom. The van der Waals surface area contributed by atoms with Crippen molar-refractivity contribution < 1.29 is 8.42 Å². The summed E-state index contributed by atoms with van der Waals surface area (Å²) in [5.74, 6) is 1.39. The first-order chi connectivity index (χ1) is 14.3. The molecule has 4 nitrogen and oxygen atoms in total. The molecule has 2 bridgehead atoms. The summed E-state index contributed by atoms with van der Waals surface area (Å²) in [5, 5.41) is 0. The van der Waals surface area contributed by atoms with Crippen molar-refractivity contribution in [2.45, 2.75) is 45.2 Å². The van der Waals surface area contributed by atoms with Crippen LogP contribution in [0.1, 0.15) is 56.3 Å². The predicted molar refractivity (Wildman–Crippen MR) is 122 cm³/mol. The number of nitrogens with one attached hydrogen (secondary N) is 1. The van der Waals surface area contributed by atoms with Gasteiger partial charge in [-0.2, -0.15) is 0 Å². The zero-order valence-electron chi connectivity index (χ0n) is 17.8. The summed E-state index contributed by atoms with van der Waals surface area (Å²) in [6, 6.07) is 18.3. The molecular formula is C25H32N2O2S. The van der Waals surface area contributed by atoms with Crippen LogP contribution in [0, 0.1) is 17.3 Å². The number of fused-ring (bicyclic) bond motifs is 1. The van der Waals surface area contributed by atoms with E-state index >= 15 is 0 Å². The van der Waals surface area contributed by atoms with Crippen LogP contribution in [0.4, 0.5) is 0 Å². The Morgan fingerprint density at radius 3 is 2.20 bits per heavy atom. The van der Waals surface area contributed by atoms with Crippen molar-refractivity contribution in [1.82, 2.24) is 4.72 Å². The molecule has 1 saturated carbocycles. The molecule has 3 aliphatic rings. The standard InChI is InChI=1S/C25H32N2O2S/c1-25(2)21-14-13-18(22(25)17-21)15-16-30(28,29)27-24(20-11-7-4-8-12-20)23(26)19-9-5-3-6-10-19/h3-13,21-24,27H,14-17,26H2,1-2H3. The molecule has 30 heavy (non-hydrogen) atoms. The Balaban J connectivity index is 1.50. The van der Waals surface area contributed by atoms with Gasteiger partial charge in [0.15, 0.2) is 0 Å². The van der Waals surface area contributed by atoms with Gasteiger partial charge in [0.25, 0.3) is 0 Å². The SMILES string of the molecule is CC1(C)C2CC=C(CCS(=O)(=O)NC(c3ccccc3)C(N)c3ccccc3)C1C2. The van der Waals surface area contributed by atoms with Gasteiger partial charge in [0.05, 0.1) is 17.8 Å². The molecule has 0 heterocycles. The number of allylic oxidation sites excluding steroid dienone is 2. The molecular weight excluding hydrogens is 392 g/mol. The molecule has 0 amide bonds. The Hall–Kier alpha value is -1.95. The van der Waals surface area contributed by atoms with E-state index in [9.17, 15) is 8.42 Å². The first-order valence-electron chi connectivity index (χ1n) is 10.8. The summed E-state index contributed by atoms with van der Waals surface area (Å²) < 4.78 is 29.1. The Bertz CT molecular complexity index is 1000. The molecule has 0 aliphatic heterocycles. The van der Waals surface area contributed by atoms with Crippen LogP contribution in [-0.2, 0) is 10.0 Å². The third kappa shape index (κ3) is 4.25. The maximum atomic E-state index is 13.1. The van der Waals surface area contributed by atoms with Gasteiger partial charge in [0.1, 0.15) is 0 Å². The second kappa shape index (κ2) is 8.29. The molecule has 0 saturated heterocycles. The maximum absolute atomic E-state index is 13.1. The second-order valence-electron chi connectivity index (χ2n) is 9.33. The summed E-state index contributed by atoms with van der Waals surface area (Å²) >= 11 is 0. The van der Waals surface area contributed by atoms with Gasteiger partial charge in [-0.1, -0.05) is 86.2 Å². The van der Waals surface area contributed by atoms with Gasteiger partial charge < -0.3 is 5.73 Å². The number of hydrogen-bond donors (Lipinski definition) is 2. The summed E-state index contributed by atoms with van der Waals surface area (Å²) in [6.07, 6.45) is 5.16. The molecule has 3 aliphatic carbocycles. The molecule has 2 aromatic carbocycles. The van der Waals surface area contributed by atoms with Crippen LogP contribution in [0.15, 0.2) is 72.3 Å². The molecule has 4 unspecified atom stereocenters. The highest BCUT2D eigenvalue weighted by molar-refractivity contribution is 7.89. The van der Waals surface area contributed by atoms with Crippen LogP contribution < -0.4 is 10.5 Å². The Morgan fingerprint density at radius 2 is 1.63 bits per heavy atom. The van der Waals surface area contributed by atoms with E-state index in [2.05, 4.69) is 24.6 Å². The highest BCUT2D eigenvalue weighted by Gasteiger charge is 2.50. The van der Waals surface area contributed by atoms with E-state index in [-0.39, 0.29) is 5.75 Å². The fourth-order valence-electron chi connectivity index (χ4n) is 5.14. The van der Waals surface area contributed by atoms with E-state index in [4.69, 9.17) is 5.73 Å². The number of sulfonamides is 1. The average Bonchev–Trinajstić information content (AvgIpc) is 2.77. The van der Waals surface area contributed by atoms with E-state index in [0.29, 0.717) is 17.8 Å². The topological polar surface area (TPSA) is 72.2 Å². The summed E-state index contributed by atoms with van der Waals surface area (Å²) in [7, 11) is -3.50. The van der Waals surface area contributed by atoms with Gasteiger partial charge in [-0.3, -0.25) is 0 Å². The van der Waals surface area contributed by atoms with Crippen LogP contribution in [0.25, 0.3) is 0 Å². The van der Waals surface area contributed by atoms with E-state index in [1.165, 1.54) is 12.0 Å². The zero-order chi connectivity index (χ0) is 21.4. The van der Waals surface area contributed by atoms with Crippen molar-refractivity contribution in [2.75, 3.05) is 5.75 Å². The van der Waals surface area contributed by atoms with Crippen LogP contribution in [0.2, 0.25) is 0 Å².